The van der Waals surface area contributed by atoms with E-state index in [-0.39, 0.29) is 6.04 Å². The number of carbonyl (C=O) groups excluding carboxylic acids is 2. The van der Waals surface area contributed by atoms with Crippen molar-refractivity contribution in [3.63, 3.8) is 0 Å². The molecule has 0 unspecified atom stereocenters. The number of halogens is 1. The Morgan fingerprint density at radius 1 is 0.867 bits per heavy atom. The lowest BCUT2D eigenvalue weighted by Crippen LogP contribution is -2.35. The third-order valence-corrected chi connectivity index (χ3v) is 4.38. The van der Waals surface area contributed by atoms with Crippen LogP contribution in [0.5, 0.6) is 5.75 Å². The molecular weight excluding hydrogens is 385 g/mol. The highest BCUT2D eigenvalue weighted by atomic mass is 19.1. The van der Waals surface area contributed by atoms with E-state index >= 15 is 0 Å². The third kappa shape index (κ3) is 5.91. The summed E-state index contributed by atoms with van der Waals surface area (Å²) in [6.45, 7) is 1.06. The number of rotatable bonds is 8. The van der Waals surface area contributed by atoms with Gasteiger partial charge in [0.05, 0.1) is 6.04 Å². The second kappa shape index (κ2) is 10.2. The molecule has 0 aromatic heterocycles. The minimum Gasteiger partial charge on any atom is -0.479 e. The number of esters is 1. The predicted molar refractivity (Wildman–Crippen MR) is 110 cm³/mol. The van der Waals surface area contributed by atoms with Crippen molar-refractivity contribution in [3.05, 3.63) is 102 Å². The molecule has 5 nitrogen and oxygen atoms in total. The van der Waals surface area contributed by atoms with Gasteiger partial charge in [-0.2, -0.15) is 0 Å². The SMILES string of the molecule is C[C@H](Oc1ccc(F)cc1)C(=O)OCC(=O)NC(c1ccccc1)c1ccccc1. The van der Waals surface area contributed by atoms with Gasteiger partial charge >= 0.3 is 5.97 Å². The molecule has 0 aliphatic carbocycles. The molecule has 3 rings (SSSR count). The Morgan fingerprint density at radius 3 is 1.93 bits per heavy atom. The number of benzene rings is 3. The van der Waals surface area contributed by atoms with Crippen molar-refractivity contribution >= 4 is 11.9 Å². The molecule has 0 fully saturated rings. The first-order valence-electron chi connectivity index (χ1n) is 9.51. The molecule has 0 aliphatic rings. The summed E-state index contributed by atoms with van der Waals surface area (Å²) in [6.07, 6.45) is -0.942. The van der Waals surface area contributed by atoms with Crippen LogP contribution in [0.25, 0.3) is 0 Å². The third-order valence-electron chi connectivity index (χ3n) is 4.38. The van der Waals surface area contributed by atoms with Crippen LogP contribution in [0.3, 0.4) is 0 Å². The van der Waals surface area contributed by atoms with Crippen molar-refractivity contribution in [2.75, 3.05) is 6.61 Å². The summed E-state index contributed by atoms with van der Waals surface area (Å²) in [5.74, 6) is -1.19. The second-order valence-corrected chi connectivity index (χ2v) is 6.64. The van der Waals surface area contributed by atoms with Crippen LogP contribution in [0.4, 0.5) is 4.39 Å². The summed E-state index contributed by atoms with van der Waals surface area (Å²) < 4.78 is 23.4. The molecule has 0 spiro atoms. The summed E-state index contributed by atoms with van der Waals surface area (Å²) in [5, 5.41) is 2.90. The van der Waals surface area contributed by atoms with E-state index < -0.39 is 30.4 Å². The first-order valence-corrected chi connectivity index (χ1v) is 9.51. The highest BCUT2D eigenvalue weighted by Gasteiger charge is 2.20. The lowest BCUT2D eigenvalue weighted by atomic mass is 9.99. The average Bonchev–Trinajstić information content (AvgIpc) is 2.78. The first-order chi connectivity index (χ1) is 14.5. The molecule has 0 saturated carbocycles. The van der Waals surface area contributed by atoms with E-state index in [4.69, 9.17) is 9.47 Å². The summed E-state index contributed by atoms with van der Waals surface area (Å²) in [6, 6.07) is 24.0. The van der Waals surface area contributed by atoms with Crippen LogP contribution in [0.2, 0.25) is 0 Å². The number of hydrogen-bond donors (Lipinski definition) is 1. The molecule has 0 aliphatic heterocycles. The van der Waals surface area contributed by atoms with Crippen molar-refractivity contribution in [3.8, 4) is 5.75 Å². The van der Waals surface area contributed by atoms with Crippen LogP contribution in [0.15, 0.2) is 84.9 Å². The Morgan fingerprint density at radius 2 is 1.40 bits per heavy atom. The molecule has 0 bridgehead atoms. The van der Waals surface area contributed by atoms with Crippen LogP contribution in [-0.4, -0.2) is 24.6 Å². The fraction of sp³-hybridized carbons (Fsp3) is 0.167. The van der Waals surface area contributed by atoms with Gasteiger partial charge in [0.25, 0.3) is 5.91 Å². The Bertz CT molecular complexity index is 922. The lowest BCUT2D eigenvalue weighted by molar-refractivity contribution is -0.154. The Labute approximate surface area is 174 Å². The van der Waals surface area contributed by atoms with Crippen LogP contribution in [0.1, 0.15) is 24.1 Å². The molecule has 0 radical (unpaired) electrons. The highest BCUT2D eigenvalue weighted by molar-refractivity contribution is 5.82. The quantitative estimate of drug-likeness (QED) is 0.573. The van der Waals surface area contributed by atoms with Crippen molar-refractivity contribution in [1.82, 2.24) is 5.32 Å². The number of amides is 1. The summed E-state index contributed by atoms with van der Waals surface area (Å²) in [7, 11) is 0. The van der Waals surface area contributed by atoms with Gasteiger partial charge in [0.15, 0.2) is 12.7 Å². The molecule has 1 atom stereocenters. The monoisotopic (exact) mass is 407 g/mol. The highest BCUT2D eigenvalue weighted by Crippen LogP contribution is 2.21. The fourth-order valence-electron chi connectivity index (χ4n) is 2.87. The predicted octanol–water partition coefficient (Wildman–Crippen LogP) is 4.04. The summed E-state index contributed by atoms with van der Waals surface area (Å²) >= 11 is 0. The Kier molecular flexibility index (Phi) is 7.16. The van der Waals surface area contributed by atoms with Crippen LogP contribution in [-0.2, 0) is 14.3 Å². The minimum absolute atomic E-state index is 0.332. The zero-order valence-corrected chi connectivity index (χ0v) is 16.5. The van der Waals surface area contributed by atoms with Crippen molar-refractivity contribution in [2.45, 2.75) is 19.1 Å². The van der Waals surface area contributed by atoms with Gasteiger partial charge in [0.1, 0.15) is 11.6 Å². The van der Waals surface area contributed by atoms with Crippen molar-refractivity contribution < 1.29 is 23.5 Å². The fourth-order valence-corrected chi connectivity index (χ4v) is 2.87. The van der Waals surface area contributed by atoms with Gasteiger partial charge in [-0.15, -0.1) is 0 Å². The van der Waals surface area contributed by atoms with E-state index in [1.165, 1.54) is 31.2 Å². The topological polar surface area (TPSA) is 64.6 Å². The first kappa shape index (κ1) is 21.0. The van der Waals surface area contributed by atoms with E-state index in [1.807, 2.05) is 60.7 Å². The van der Waals surface area contributed by atoms with Crippen molar-refractivity contribution in [1.29, 1.82) is 0 Å². The van der Waals surface area contributed by atoms with E-state index in [9.17, 15) is 14.0 Å². The smallest absolute Gasteiger partial charge is 0.347 e. The number of nitrogens with one attached hydrogen (secondary N) is 1. The molecule has 1 amide bonds. The average molecular weight is 407 g/mol. The second-order valence-electron chi connectivity index (χ2n) is 6.64. The number of hydrogen-bond acceptors (Lipinski definition) is 4. The molecular formula is C24H22FNO4. The lowest BCUT2D eigenvalue weighted by Gasteiger charge is -2.20. The van der Waals surface area contributed by atoms with Gasteiger partial charge < -0.3 is 14.8 Å². The number of ether oxygens (including phenoxy) is 2. The van der Waals surface area contributed by atoms with E-state index in [0.29, 0.717) is 5.75 Å². The van der Waals surface area contributed by atoms with Gasteiger partial charge in [-0.1, -0.05) is 60.7 Å². The zero-order chi connectivity index (χ0) is 21.3. The molecule has 0 heterocycles. The number of carbonyl (C=O) groups is 2. The molecule has 0 saturated heterocycles. The minimum atomic E-state index is -0.942. The van der Waals surface area contributed by atoms with Gasteiger partial charge in [0, 0.05) is 0 Å². The van der Waals surface area contributed by atoms with E-state index in [0.717, 1.165) is 11.1 Å². The van der Waals surface area contributed by atoms with Gasteiger partial charge in [-0.3, -0.25) is 4.79 Å². The van der Waals surface area contributed by atoms with Crippen LogP contribution >= 0.6 is 0 Å². The van der Waals surface area contributed by atoms with E-state index in [1.54, 1.807) is 0 Å². The molecule has 6 heteroatoms. The maximum atomic E-state index is 13.0. The largest absolute Gasteiger partial charge is 0.479 e. The van der Waals surface area contributed by atoms with Gasteiger partial charge in [-0.05, 0) is 42.3 Å². The van der Waals surface area contributed by atoms with Crippen molar-refractivity contribution in [2.24, 2.45) is 0 Å². The molecule has 154 valence electrons. The maximum absolute atomic E-state index is 13.0. The standard InChI is InChI=1S/C24H22FNO4/c1-17(30-21-14-12-20(25)13-15-21)24(28)29-16-22(27)26-23(18-8-4-2-5-9-18)19-10-6-3-7-11-19/h2-15,17,23H,16H2,1H3,(H,26,27)/t17-/m0/s1. The van der Waals surface area contributed by atoms with Crippen LogP contribution < -0.4 is 10.1 Å². The Hall–Kier alpha value is -3.67. The molecule has 1 N–H and O–H groups in total. The van der Waals surface area contributed by atoms with Gasteiger partial charge in [0.2, 0.25) is 0 Å². The maximum Gasteiger partial charge on any atom is 0.347 e. The zero-order valence-electron chi connectivity index (χ0n) is 16.5. The normalized spacial score (nSPS) is 11.6. The molecule has 30 heavy (non-hydrogen) atoms. The summed E-state index contributed by atoms with van der Waals surface area (Å²) in [5.41, 5.74) is 1.83. The van der Waals surface area contributed by atoms with Gasteiger partial charge in [-0.25, -0.2) is 9.18 Å². The van der Waals surface area contributed by atoms with Crippen LogP contribution in [0, 0.1) is 5.82 Å². The molecule has 3 aromatic rings. The summed E-state index contributed by atoms with van der Waals surface area (Å²) in [4.78, 5) is 24.6. The Balaban J connectivity index is 1.57. The van der Waals surface area contributed by atoms with E-state index in [2.05, 4.69) is 5.32 Å². The molecule has 3 aromatic carbocycles.